The Morgan fingerprint density at radius 2 is 1.81 bits per heavy atom. The maximum absolute atomic E-state index is 11.5. The van der Waals surface area contributed by atoms with Crippen molar-refractivity contribution in [2.75, 3.05) is 12.4 Å². The summed E-state index contributed by atoms with van der Waals surface area (Å²) in [6.07, 6.45) is 0. The standard InChI is InChI=1S/C22H18BrCl2N3O3/c1-30-20-7-4-15(23)14(21(20)31-11-12-2-5-16(24)17(25)8-12)10-26-13-3-6-18-19(9-13)28-22(29)27-18/h2-9,26H,10-11H2,1H3,(H2,27,28,29). The average Bonchev–Trinajstić information content (AvgIpc) is 3.13. The van der Waals surface area contributed by atoms with Crippen molar-refractivity contribution < 1.29 is 9.47 Å². The molecule has 0 saturated heterocycles. The van der Waals surface area contributed by atoms with E-state index in [4.69, 9.17) is 32.7 Å². The summed E-state index contributed by atoms with van der Waals surface area (Å²) < 4.78 is 12.5. The summed E-state index contributed by atoms with van der Waals surface area (Å²) in [7, 11) is 1.60. The topological polar surface area (TPSA) is 79.1 Å². The molecule has 6 nitrogen and oxygen atoms in total. The Bertz CT molecular complexity index is 1300. The predicted octanol–water partition coefficient (Wildman–Crippen LogP) is 6.13. The molecule has 3 aromatic carbocycles. The molecule has 0 spiro atoms. The SMILES string of the molecule is COc1ccc(Br)c(CNc2ccc3[nH]c(=O)[nH]c3c2)c1OCc1ccc(Cl)c(Cl)c1. The number of ether oxygens (including phenoxy) is 2. The lowest BCUT2D eigenvalue weighted by Crippen LogP contribution is -2.06. The number of benzene rings is 3. The average molecular weight is 523 g/mol. The number of aromatic nitrogens is 2. The molecule has 0 bridgehead atoms. The van der Waals surface area contributed by atoms with Gasteiger partial charge in [0, 0.05) is 22.3 Å². The molecule has 4 rings (SSSR count). The van der Waals surface area contributed by atoms with Crippen LogP contribution in [0.25, 0.3) is 11.0 Å². The van der Waals surface area contributed by atoms with E-state index >= 15 is 0 Å². The molecule has 0 radical (unpaired) electrons. The highest BCUT2D eigenvalue weighted by Crippen LogP contribution is 2.37. The number of aromatic amines is 2. The number of hydrogen-bond donors (Lipinski definition) is 3. The third kappa shape index (κ3) is 4.84. The van der Waals surface area contributed by atoms with Crippen LogP contribution in [-0.4, -0.2) is 17.1 Å². The molecule has 0 unspecified atom stereocenters. The zero-order valence-corrected chi connectivity index (χ0v) is 19.5. The Kier molecular flexibility index (Phi) is 6.46. The Balaban J connectivity index is 1.58. The van der Waals surface area contributed by atoms with Gasteiger partial charge in [0.25, 0.3) is 0 Å². The van der Waals surface area contributed by atoms with Gasteiger partial charge in [0.2, 0.25) is 0 Å². The van der Waals surface area contributed by atoms with Crippen molar-refractivity contribution in [2.45, 2.75) is 13.2 Å². The molecule has 4 aromatic rings. The van der Waals surface area contributed by atoms with Gasteiger partial charge in [-0.2, -0.15) is 0 Å². The molecular weight excluding hydrogens is 505 g/mol. The highest BCUT2D eigenvalue weighted by Gasteiger charge is 2.15. The molecule has 0 amide bonds. The number of H-pyrrole nitrogens is 2. The van der Waals surface area contributed by atoms with Gasteiger partial charge >= 0.3 is 5.69 Å². The summed E-state index contributed by atoms with van der Waals surface area (Å²) in [5, 5.41) is 4.34. The van der Waals surface area contributed by atoms with Gasteiger partial charge in [-0.25, -0.2) is 4.79 Å². The molecular formula is C22H18BrCl2N3O3. The van der Waals surface area contributed by atoms with Crippen molar-refractivity contribution in [3.63, 3.8) is 0 Å². The van der Waals surface area contributed by atoms with Gasteiger partial charge in [0.15, 0.2) is 11.5 Å². The van der Waals surface area contributed by atoms with Crippen molar-refractivity contribution in [2.24, 2.45) is 0 Å². The van der Waals surface area contributed by atoms with Gasteiger partial charge in [-0.05, 0) is 48.0 Å². The van der Waals surface area contributed by atoms with Crippen LogP contribution < -0.4 is 20.5 Å². The maximum Gasteiger partial charge on any atom is 0.323 e. The van der Waals surface area contributed by atoms with E-state index in [1.165, 1.54) is 0 Å². The van der Waals surface area contributed by atoms with Crippen molar-refractivity contribution in [1.29, 1.82) is 0 Å². The van der Waals surface area contributed by atoms with Gasteiger partial charge in [0.1, 0.15) is 6.61 Å². The van der Waals surface area contributed by atoms with Crippen LogP contribution in [-0.2, 0) is 13.2 Å². The number of halogens is 3. The first-order chi connectivity index (χ1) is 14.9. The Labute approximate surface area is 196 Å². The number of hydrogen-bond acceptors (Lipinski definition) is 4. The summed E-state index contributed by atoms with van der Waals surface area (Å²) in [5.41, 5.74) is 3.88. The van der Waals surface area contributed by atoms with E-state index in [0.29, 0.717) is 34.7 Å². The molecule has 0 aliphatic rings. The van der Waals surface area contributed by atoms with Gasteiger partial charge in [-0.1, -0.05) is 45.2 Å². The molecule has 0 fully saturated rings. The largest absolute Gasteiger partial charge is 0.493 e. The number of rotatable bonds is 7. The smallest absolute Gasteiger partial charge is 0.323 e. The maximum atomic E-state index is 11.5. The first kappa shape index (κ1) is 21.6. The summed E-state index contributed by atoms with van der Waals surface area (Å²) >= 11 is 15.7. The molecule has 31 heavy (non-hydrogen) atoms. The zero-order chi connectivity index (χ0) is 22.0. The van der Waals surface area contributed by atoms with Gasteiger partial charge in [0.05, 0.1) is 28.2 Å². The van der Waals surface area contributed by atoms with E-state index in [1.807, 2.05) is 36.4 Å². The number of fused-ring (bicyclic) bond motifs is 1. The van der Waals surface area contributed by atoms with Crippen molar-refractivity contribution in [3.8, 4) is 11.5 Å². The van der Waals surface area contributed by atoms with E-state index in [1.54, 1.807) is 19.2 Å². The monoisotopic (exact) mass is 521 g/mol. The Morgan fingerprint density at radius 3 is 2.58 bits per heavy atom. The van der Waals surface area contributed by atoms with Crippen molar-refractivity contribution in [1.82, 2.24) is 9.97 Å². The second kappa shape index (κ2) is 9.26. The lowest BCUT2D eigenvalue weighted by Gasteiger charge is -2.18. The Morgan fingerprint density at radius 1 is 1.00 bits per heavy atom. The fraction of sp³-hybridized carbons (Fsp3) is 0.136. The van der Waals surface area contributed by atoms with Gasteiger partial charge in [-0.15, -0.1) is 0 Å². The molecule has 0 atom stereocenters. The molecule has 0 aliphatic heterocycles. The van der Waals surface area contributed by atoms with Crippen molar-refractivity contribution >= 4 is 55.9 Å². The van der Waals surface area contributed by atoms with Crippen LogP contribution in [0, 0.1) is 0 Å². The summed E-state index contributed by atoms with van der Waals surface area (Å²) in [5.74, 6) is 1.23. The molecule has 0 saturated carbocycles. The lowest BCUT2D eigenvalue weighted by molar-refractivity contribution is 0.281. The van der Waals surface area contributed by atoms with Crippen LogP contribution in [0.1, 0.15) is 11.1 Å². The fourth-order valence-electron chi connectivity index (χ4n) is 3.18. The molecule has 9 heteroatoms. The minimum atomic E-state index is -0.235. The minimum absolute atomic E-state index is 0.235. The highest BCUT2D eigenvalue weighted by molar-refractivity contribution is 9.10. The summed E-state index contributed by atoms with van der Waals surface area (Å²) in [6, 6.07) is 14.8. The normalized spacial score (nSPS) is 11.0. The van der Waals surface area contributed by atoms with Crippen molar-refractivity contribution in [3.05, 3.63) is 84.7 Å². The fourth-order valence-corrected chi connectivity index (χ4v) is 3.96. The van der Waals surface area contributed by atoms with Crippen LogP contribution in [0.5, 0.6) is 11.5 Å². The van der Waals surface area contributed by atoms with E-state index in [9.17, 15) is 4.79 Å². The number of methoxy groups -OCH3 is 1. The second-order valence-electron chi connectivity index (χ2n) is 6.79. The number of imidazole rings is 1. The Hall–Kier alpha value is -2.61. The molecule has 3 N–H and O–H groups in total. The molecule has 1 heterocycles. The summed E-state index contributed by atoms with van der Waals surface area (Å²) in [6.45, 7) is 0.766. The summed E-state index contributed by atoms with van der Waals surface area (Å²) in [4.78, 5) is 17.0. The quantitative estimate of drug-likeness (QED) is 0.273. The number of nitrogens with one attached hydrogen (secondary N) is 3. The lowest BCUT2D eigenvalue weighted by atomic mass is 10.1. The third-order valence-electron chi connectivity index (χ3n) is 4.74. The van der Waals surface area contributed by atoms with E-state index in [2.05, 4.69) is 31.2 Å². The van der Waals surface area contributed by atoms with Crippen LogP contribution in [0.15, 0.2) is 57.8 Å². The third-order valence-corrected chi connectivity index (χ3v) is 6.22. The van der Waals surface area contributed by atoms with Crippen LogP contribution in [0.3, 0.4) is 0 Å². The molecule has 160 valence electrons. The van der Waals surface area contributed by atoms with Gasteiger partial charge < -0.3 is 24.8 Å². The molecule has 1 aromatic heterocycles. The minimum Gasteiger partial charge on any atom is -0.493 e. The zero-order valence-electron chi connectivity index (χ0n) is 16.4. The highest BCUT2D eigenvalue weighted by atomic mass is 79.9. The first-order valence-electron chi connectivity index (χ1n) is 9.32. The van der Waals surface area contributed by atoms with Crippen LogP contribution >= 0.6 is 39.1 Å². The van der Waals surface area contributed by atoms with E-state index in [0.717, 1.165) is 32.3 Å². The molecule has 0 aliphatic carbocycles. The van der Waals surface area contributed by atoms with Crippen LogP contribution in [0.4, 0.5) is 5.69 Å². The second-order valence-corrected chi connectivity index (χ2v) is 8.46. The van der Waals surface area contributed by atoms with E-state index in [-0.39, 0.29) is 5.69 Å². The van der Waals surface area contributed by atoms with Crippen LogP contribution in [0.2, 0.25) is 10.0 Å². The predicted molar refractivity (Wildman–Crippen MR) is 128 cm³/mol. The van der Waals surface area contributed by atoms with Gasteiger partial charge in [-0.3, -0.25) is 0 Å². The number of anilines is 1. The van der Waals surface area contributed by atoms with E-state index < -0.39 is 0 Å². The first-order valence-corrected chi connectivity index (χ1v) is 10.9.